The van der Waals surface area contributed by atoms with Crippen molar-refractivity contribution in [1.29, 1.82) is 0 Å². The molecule has 17 heavy (non-hydrogen) atoms. The van der Waals surface area contributed by atoms with Crippen LogP contribution in [0.2, 0.25) is 0 Å². The molecule has 1 fully saturated rings. The summed E-state index contributed by atoms with van der Waals surface area (Å²) >= 11 is 0. The minimum Gasteiger partial charge on any atom is -0.486 e. The van der Waals surface area contributed by atoms with E-state index in [-0.39, 0.29) is 5.82 Å². The molecule has 2 heterocycles. The Morgan fingerprint density at radius 3 is 2.71 bits per heavy atom. The Balaban J connectivity index is 1.83. The van der Waals surface area contributed by atoms with Gasteiger partial charge in [-0.2, -0.15) is 0 Å². The van der Waals surface area contributed by atoms with Crippen molar-refractivity contribution in [2.24, 2.45) is 0 Å². The molecule has 3 nitrogen and oxygen atoms in total. The number of ether oxygens (including phenoxy) is 2. The third-order valence-electron chi connectivity index (χ3n) is 3.34. The Labute approximate surface area is 99.9 Å². The van der Waals surface area contributed by atoms with Crippen molar-refractivity contribution >= 4 is 0 Å². The predicted octanol–water partition coefficient (Wildman–Crippen LogP) is 1.89. The van der Waals surface area contributed by atoms with Gasteiger partial charge in [0.25, 0.3) is 0 Å². The molecule has 0 saturated carbocycles. The summed E-state index contributed by atoms with van der Waals surface area (Å²) in [6, 6.07) is 3.62. The number of hydrogen-bond acceptors (Lipinski definition) is 3. The molecule has 0 spiro atoms. The van der Waals surface area contributed by atoms with Gasteiger partial charge in [0.1, 0.15) is 19.0 Å². The summed E-state index contributed by atoms with van der Waals surface area (Å²) in [7, 11) is 0. The fourth-order valence-corrected chi connectivity index (χ4v) is 2.46. The highest BCUT2D eigenvalue weighted by Gasteiger charge is 2.20. The second-order valence-electron chi connectivity index (χ2n) is 4.58. The van der Waals surface area contributed by atoms with Crippen LogP contribution < -0.4 is 14.8 Å². The van der Waals surface area contributed by atoms with Gasteiger partial charge in [0.2, 0.25) is 0 Å². The number of nitrogens with one attached hydrogen (secondary N) is 1. The molecular formula is C13H16FNO2. The summed E-state index contributed by atoms with van der Waals surface area (Å²) in [5, 5.41) is 3.37. The largest absolute Gasteiger partial charge is 0.486 e. The van der Waals surface area contributed by atoms with E-state index in [1.165, 1.54) is 12.5 Å². The fourth-order valence-electron chi connectivity index (χ4n) is 2.46. The molecule has 0 bridgehead atoms. The van der Waals surface area contributed by atoms with E-state index in [0.717, 1.165) is 19.4 Å². The molecule has 1 aromatic rings. The van der Waals surface area contributed by atoms with E-state index < -0.39 is 0 Å². The Morgan fingerprint density at radius 2 is 2.00 bits per heavy atom. The van der Waals surface area contributed by atoms with Gasteiger partial charge < -0.3 is 14.8 Å². The monoisotopic (exact) mass is 237 g/mol. The van der Waals surface area contributed by atoms with Gasteiger partial charge in [-0.25, -0.2) is 4.39 Å². The molecule has 1 unspecified atom stereocenters. The first-order valence-electron chi connectivity index (χ1n) is 6.14. The highest BCUT2D eigenvalue weighted by Crippen LogP contribution is 2.33. The lowest BCUT2D eigenvalue weighted by atomic mass is 10.0. The molecule has 0 amide bonds. The zero-order valence-electron chi connectivity index (χ0n) is 9.67. The number of benzene rings is 1. The van der Waals surface area contributed by atoms with Crippen molar-refractivity contribution < 1.29 is 13.9 Å². The number of rotatable bonds is 2. The Kier molecular flexibility index (Phi) is 2.89. The molecule has 0 aromatic heterocycles. The molecule has 0 aliphatic carbocycles. The van der Waals surface area contributed by atoms with Gasteiger partial charge in [0.05, 0.1) is 0 Å². The highest BCUT2D eigenvalue weighted by molar-refractivity contribution is 5.44. The summed E-state index contributed by atoms with van der Waals surface area (Å²) in [5.41, 5.74) is 0.716. The zero-order valence-corrected chi connectivity index (χ0v) is 9.67. The van der Waals surface area contributed by atoms with E-state index in [1.54, 1.807) is 6.07 Å². The van der Waals surface area contributed by atoms with Crippen LogP contribution in [0.1, 0.15) is 18.4 Å². The van der Waals surface area contributed by atoms with Crippen molar-refractivity contribution in [3.05, 3.63) is 23.5 Å². The van der Waals surface area contributed by atoms with Crippen LogP contribution in [0, 0.1) is 5.82 Å². The van der Waals surface area contributed by atoms with E-state index in [9.17, 15) is 4.39 Å². The van der Waals surface area contributed by atoms with Gasteiger partial charge in [-0.1, -0.05) is 0 Å². The van der Waals surface area contributed by atoms with Crippen LogP contribution in [0.25, 0.3) is 0 Å². The number of hydrogen-bond donors (Lipinski definition) is 1. The molecule has 4 heteroatoms. The zero-order chi connectivity index (χ0) is 11.7. The summed E-state index contributed by atoms with van der Waals surface area (Å²) in [6.45, 7) is 2.08. The van der Waals surface area contributed by atoms with Crippen molar-refractivity contribution in [3.63, 3.8) is 0 Å². The molecule has 92 valence electrons. The minimum absolute atomic E-state index is 0.192. The van der Waals surface area contributed by atoms with Gasteiger partial charge in [-0.3, -0.25) is 0 Å². The lowest BCUT2D eigenvalue weighted by molar-refractivity contribution is 0.170. The van der Waals surface area contributed by atoms with Gasteiger partial charge in [0, 0.05) is 12.1 Å². The topological polar surface area (TPSA) is 30.5 Å². The van der Waals surface area contributed by atoms with Gasteiger partial charge >= 0.3 is 0 Å². The van der Waals surface area contributed by atoms with E-state index in [4.69, 9.17) is 9.47 Å². The first-order chi connectivity index (χ1) is 8.33. The predicted molar refractivity (Wildman–Crippen MR) is 62.1 cm³/mol. The maximum atomic E-state index is 13.9. The highest BCUT2D eigenvalue weighted by atomic mass is 19.1. The van der Waals surface area contributed by atoms with Crippen LogP contribution >= 0.6 is 0 Å². The first-order valence-corrected chi connectivity index (χ1v) is 6.14. The molecule has 1 atom stereocenters. The third-order valence-corrected chi connectivity index (χ3v) is 3.34. The molecule has 3 rings (SSSR count). The van der Waals surface area contributed by atoms with Crippen LogP contribution in [-0.2, 0) is 6.42 Å². The van der Waals surface area contributed by atoms with Crippen LogP contribution in [0.5, 0.6) is 11.5 Å². The van der Waals surface area contributed by atoms with Crippen molar-refractivity contribution in [2.75, 3.05) is 19.8 Å². The van der Waals surface area contributed by atoms with Crippen molar-refractivity contribution in [1.82, 2.24) is 5.32 Å². The van der Waals surface area contributed by atoms with Gasteiger partial charge in [-0.15, -0.1) is 0 Å². The Morgan fingerprint density at radius 1 is 1.24 bits per heavy atom. The summed E-state index contributed by atoms with van der Waals surface area (Å²) < 4.78 is 24.7. The normalized spacial score (nSPS) is 22.8. The summed E-state index contributed by atoms with van der Waals surface area (Å²) in [6.07, 6.45) is 3.02. The van der Waals surface area contributed by atoms with Gasteiger partial charge in [0.15, 0.2) is 11.5 Å². The SMILES string of the molecule is Fc1cc2c(cc1CC1CCCN1)OCCO2. The average molecular weight is 237 g/mol. The van der Waals surface area contributed by atoms with Gasteiger partial charge in [-0.05, 0) is 37.4 Å². The fraction of sp³-hybridized carbons (Fsp3) is 0.538. The summed E-state index contributed by atoms with van der Waals surface area (Å²) in [5.74, 6) is 1.01. The molecule has 1 aromatic carbocycles. The summed E-state index contributed by atoms with van der Waals surface area (Å²) in [4.78, 5) is 0. The van der Waals surface area contributed by atoms with Crippen molar-refractivity contribution in [3.8, 4) is 11.5 Å². The smallest absolute Gasteiger partial charge is 0.164 e. The first kappa shape index (κ1) is 10.8. The molecule has 2 aliphatic rings. The molecule has 0 radical (unpaired) electrons. The van der Waals surface area contributed by atoms with Crippen molar-refractivity contribution in [2.45, 2.75) is 25.3 Å². The second kappa shape index (κ2) is 4.53. The standard InChI is InChI=1S/C13H16FNO2/c14-11-8-13-12(16-4-5-17-13)7-9(11)6-10-2-1-3-15-10/h7-8,10,15H,1-6H2. The molecule has 1 N–H and O–H groups in total. The average Bonchev–Trinajstić information content (AvgIpc) is 2.83. The minimum atomic E-state index is -0.192. The Hall–Kier alpha value is -1.29. The van der Waals surface area contributed by atoms with E-state index >= 15 is 0 Å². The maximum Gasteiger partial charge on any atom is 0.164 e. The van der Waals surface area contributed by atoms with E-state index in [1.807, 2.05) is 0 Å². The number of halogens is 1. The maximum absolute atomic E-state index is 13.9. The lowest BCUT2D eigenvalue weighted by Gasteiger charge is -2.20. The quantitative estimate of drug-likeness (QED) is 0.852. The van der Waals surface area contributed by atoms with Crippen LogP contribution in [0.4, 0.5) is 4.39 Å². The molecular weight excluding hydrogens is 221 g/mol. The van der Waals surface area contributed by atoms with Crippen LogP contribution in [0.15, 0.2) is 12.1 Å². The number of fused-ring (bicyclic) bond motifs is 1. The van der Waals surface area contributed by atoms with E-state index in [0.29, 0.717) is 36.3 Å². The lowest BCUT2D eigenvalue weighted by Crippen LogP contribution is -2.24. The van der Waals surface area contributed by atoms with Crippen LogP contribution in [-0.4, -0.2) is 25.8 Å². The Bertz CT molecular complexity index is 416. The molecule has 1 saturated heterocycles. The molecule has 2 aliphatic heterocycles. The second-order valence-corrected chi connectivity index (χ2v) is 4.58. The third kappa shape index (κ3) is 2.22. The van der Waals surface area contributed by atoms with E-state index in [2.05, 4.69) is 5.32 Å². The van der Waals surface area contributed by atoms with Crippen LogP contribution in [0.3, 0.4) is 0 Å².